The summed E-state index contributed by atoms with van der Waals surface area (Å²) < 4.78 is 1.95. The van der Waals surface area contributed by atoms with Crippen LogP contribution in [0, 0.1) is 0 Å². The summed E-state index contributed by atoms with van der Waals surface area (Å²) in [6.45, 7) is 0. The molecule has 0 radical (unpaired) electrons. The Kier molecular flexibility index (Phi) is 3.14. The molecule has 0 aliphatic rings. The Bertz CT molecular complexity index is 524. The second-order valence-corrected chi connectivity index (χ2v) is 4.15. The Balaban J connectivity index is 2.17. The molecular weight excluding hydrogens is 222 g/mol. The van der Waals surface area contributed by atoms with Crippen LogP contribution in [-0.4, -0.2) is 9.55 Å². The molecule has 5 nitrogen and oxygen atoms in total. The zero-order valence-corrected chi connectivity index (χ0v) is 9.42. The van der Waals surface area contributed by atoms with E-state index in [0.717, 1.165) is 10.1 Å². The number of hydrogen-bond donors (Lipinski definition) is 0. The fourth-order valence-corrected chi connectivity index (χ4v) is 1.99. The topological polar surface area (TPSA) is 66.6 Å². The highest BCUT2D eigenvalue weighted by Gasteiger charge is 2.01. The molecule has 1 aromatic heterocycles. The molecule has 0 saturated carbocycles. The molecule has 6 heteroatoms. The lowest BCUT2D eigenvalue weighted by Gasteiger charge is -2.01. The first kappa shape index (κ1) is 10.6. The average molecular weight is 231 g/mol. The van der Waals surface area contributed by atoms with Crippen molar-refractivity contribution >= 4 is 17.4 Å². The number of hydrogen-bond acceptors (Lipinski definition) is 3. The van der Waals surface area contributed by atoms with Gasteiger partial charge >= 0.3 is 0 Å². The summed E-state index contributed by atoms with van der Waals surface area (Å²) in [5.41, 5.74) is 8.89. The molecule has 0 aliphatic heterocycles. The molecule has 2 aromatic rings. The smallest absolute Gasteiger partial charge is 0.172 e. The van der Waals surface area contributed by atoms with Gasteiger partial charge in [0.25, 0.3) is 0 Å². The Hall–Kier alpha value is -1.91. The van der Waals surface area contributed by atoms with Gasteiger partial charge in [0.2, 0.25) is 0 Å². The number of benzene rings is 1. The van der Waals surface area contributed by atoms with Crippen molar-refractivity contribution in [1.82, 2.24) is 9.55 Å². The van der Waals surface area contributed by atoms with Gasteiger partial charge < -0.3 is 4.57 Å². The number of nitrogens with zero attached hydrogens (tertiary/aromatic N) is 5. The van der Waals surface area contributed by atoms with Crippen LogP contribution in [0.15, 0.2) is 51.8 Å². The molecule has 0 fully saturated rings. The predicted molar refractivity (Wildman–Crippen MR) is 62.6 cm³/mol. The van der Waals surface area contributed by atoms with Crippen LogP contribution in [0.25, 0.3) is 10.4 Å². The van der Waals surface area contributed by atoms with E-state index < -0.39 is 0 Å². The number of aryl methyl sites for hydroxylation is 1. The molecule has 80 valence electrons. The van der Waals surface area contributed by atoms with Gasteiger partial charge in [-0.1, -0.05) is 29.0 Å². The van der Waals surface area contributed by atoms with E-state index in [4.69, 9.17) is 5.53 Å². The summed E-state index contributed by atoms with van der Waals surface area (Å²) in [5, 5.41) is 4.44. The monoisotopic (exact) mass is 231 g/mol. The van der Waals surface area contributed by atoms with Crippen LogP contribution in [-0.2, 0) is 7.05 Å². The number of aromatic nitrogens is 2. The molecule has 0 saturated heterocycles. The van der Waals surface area contributed by atoms with Crippen molar-refractivity contribution in [2.45, 2.75) is 10.1 Å². The minimum Gasteiger partial charge on any atom is -0.329 e. The fraction of sp³-hybridized carbons (Fsp3) is 0.100. The zero-order chi connectivity index (χ0) is 11.4. The Morgan fingerprint density at radius 3 is 2.69 bits per heavy atom. The lowest BCUT2D eigenvalue weighted by molar-refractivity contribution is 0.790. The fourth-order valence-electron chi connectivity index (χ4n) is 1.19. The summed E-state index contributed by atoms with van der Waals surface area (Å²) in [5.74, 6) is 0. The molecule has 0 amide bonds. The highest BCUT2D eigenvalue weighted by Crippen LogP contribution is 2.27. The highest BCUT2D eigenvalue weighted by atomic mass is 32.2. The van der Waals surface area contributed by atoms with Gasteiger partial charge in [0.05, 0.1) is 0 Å². The van der Waals surface area contributed by atoms with Crippen LogP contribution in [0.3, 0.4) is 0 Å². The molecular formula is C10H9N5S. The number of imidazole rings is 1. The summed E-state index contributed by atoms with van der Waals surface area (Å²) in [6, 6.07) is 7.38. The van der Waals surface area contributed by atoms with Crippen LogP contribution in [0.4, 0.5) is 5.69 Å². The van der Waals surface area contributed by atoms with Gasteiger partial charge in [0.1, 0.15) is 0 Å². The molecule has 1 heterocycles. The molecule has 0 spiro atoms. The van der Waals surface area contributed by atoms with Crippen LogP contribution in [0.2, 0.25) is 0 Å². The second-order valence-electron chi connectivity index (χ2n) is 3.11. The van der Waals surface area contributed by atoms with Crippen molar-refractivity contribution in [1.29, 1.82) is 0 Å². The first-order valence-corrected chi connectivity index (χ1v) is 5.41. The number of rotatable bonds is 3. The van der Waals surface area contributed by atoms with Gasteiger partial charge in [-0.25, -0.2) is 4.98 Å². The van der Waals surface area contributed by atoms with Gasteiger partial charge in [0, 0.05) is 34.9 Å². The molecule has 16 heavy (non-hydrogen) atoms. The van der Waals surface area contributed by atoms with Gasteiger partial charge in [-0.05, 0) is 17.7 Å². The van der Waals surface area contributed by atoms with Gasteiger partial charge in [-0.2, -0.15) is 0 Å². The molecule has 0 atom stereocenters. The van der Waals surface area contributed by atoms with E-state index in [-0.39, 0.29) is 0 Å². The van der Waals surface area contributed by atoms with Crippen LogP contribution < -0.4 is 0 Å². The molecule has 1 aromatic carbocycles. The third-order valence-electron chi connectivity index (χ3n) is 1.98. The Morgan fingerprint density at radius 1 is 1.38 bits per heavy atom. The van der Waals surface area contributed by atoms with E-state index in [1.54, 1.807) is 30.1 Å². The molecule has 0 aliphatic carbocycles. The lowest BCUT2D eigenvalue weighted by Crippen LogP contribution is -1.87. The molecule has 0 unspecified atom stereocenters. The average Bonchev–Trinajstić information content (AvgIpc) is 2.68. The van der Waals surface area contributed by atoms with Gasteiger partial charge in [-0.15, -0.1) is 0 Å². The maximum atomic E-state index is 8.27. The van der Waals surface area contributed by atoms with Gasteiger partial charge in [0.15, 0.2) is 5.16 Å². The van der Waals surface area contributed by atoms with E-state index >= 15 is 0 Å². The lowest BCUT2D eigenvalue weighted by atomic mass is 10.3. The second kappa shape index (κ2) is 4.74. The van der Waals surface area contributed by atoms with Gasteiger partial charge in [-0.3, -0.25) is 0 Å². The number of azide groups is 1. The third-order valence-corrected chi connectivity index (χ3v) is 3.07. The summed E-state index contributed by atoms with van der Waals surface area (Å²) in [4.78, 5) is 8.00. The van der Waals surface area contributed by atoms with Crippen molar-refractivity contribution in [2.75, 3.05) is 0 Å². The predicted octanol–water partition coefficient (Wildman–Crippen LogP) is 3.51. The Morgan fingerprint density at radius 2 is 2.12 bits per heavy atom. The maximum Gasteiger partial charge on any atom is 0.172 e. The SMILES string of the molecule is Cn1ccnc1Sc1ccc(N=[N+]=[N-])cc1. The first-order chi connectivity index (χ1) is 7.79. The standard InChI is InChI=1S/C10H9N5S/c1-15-7-6-12-10(15)16-9-4-2-8(3-5-9)13-14-11/h2-7H,1H3. The van der Waals surface area contributed by atoms with Crippen molar-refractivity contribution in [3.8, 4) is 0 Å². The largest absolute Gasteiger partial charge is 0.329 e. The summed E-state index contributed by atoms with van der Waals surface area (Å²) in [6.07, 6.45) is 3.66. The zero-order valence-electron chi connectivity index (χ0n) is 8.61. The van der Waals surface area contributed by atoms with E-state index in [1.165, 1.54) is 0 Å². The van der Waals surface area contributed by atoms with Crippen molar-refractivity contribution in [3.05, 3.63) is 47.1 Å². The summed E-state index contributed by atoms with van der Waals surface area (Å²) >= 11 is 1.56. The highest BCUT2D eigenvalue weighted by molar-refractivity contribution is 7.99. The van der Waals surface area contributed by atoms with E-state index in [1.807, 2.05) is 29.9 Å². The van der Waals surface area contributed by atoms with Crippen LogP contribution >= 0.6 is 11.8 Å². The maximum absolute atomic E-state index is 8.27. The minimum atomic E-state index is 0.617. The molecule has 0 bridgehead atoms. The van der Waals surface area contributed by atoms with E-state index in [0.29, 0.717) is 5.69 Å². The normalized spacial score (nSPS) is 9.81. The van der Waals surface area contributed by atoms with Crippen LogP contribution in [0.5, 0.6) is 0 Å². The van der Waals surface area contributed by atoms with Crippen molar-refractivity contribution < 1.29 is 0 Å². The van der Waals surface area contributed by atoms with Crippen LogP contribution in [0.1, 0.15) is 0 Å². The van der Waals surface area contributed by atoms with Crippen molar-refractivity contribution in [3.63, 3.8) is 0 Å². The third kappa shape index (κ3) is 2.36. The molecule has 2 rings (SSSR count). The first-order valence-electron chi connectivity index (χ1n) is 4.60. The quantitative estimate of drug-likeness (QED) is 0.461. The van der Waals surface area contributed by atoms with E-state index in [9.17, 15) is 0 Å². The summed E-state index contributed by atoms with van der Waals surface area (Å²) in [7, 11) is 1.95. The van der Waals surface area contributed by atoms with Crippen molar-refractivity contribution in [2.24, 2.45) is 12.2 Å². The Labute approximate surface area is 96.7 Å². The van der Waals surface area contributed by atoms with E-state index in [2.05, 4.69) is 15.0 Å². The minimum absolute atomic E-state index is 0.617. The molecule has 0 N–H and O–H groups in total.